The van der Waals surface area contributed by atoms with Crippen molar-refractivity contribution in [2.45, 2.75) is 12.8 Å². The van der Waals surface area contributed by atoms with Crippen LogP contribution in [0.2, 0.25) is 0 Å². The molecule has 4 nitrogen and oxygen atoms in total. The molecule has 0 aliphatic carbocycles. The molecular formula is C9H12N2O2S. The second-order valence-corrected chi connectivity index (χ2v) is 3.79. The van der Waals surface area contributed by atoms with Crippen molar-refractivity contribution in [1.82, 2.24) is 4.90 Å². The zero-order valence-electron chi connectivity index (χ0n) is 7.99. The van der Waals surface area contributed by atoms with Gasteiger partial charge in [-0.3, -0.25) is 0 Å². The van der Waals surface area contributed by atoms with Gasteiger partial charge in [0.15, 0.2) is 5.57 Å². The number of carboxylic acid groups (broad SMARTS) is 1. The van der Waals surface area contributed by atoms with Gasteiger partial charge in [0.2, 0.25) is 0 Å². The normalized spacial score (nSPS) is 17.6. The number of thioether (sulfide) groups is 1. The highest BCUT2D eigenvalue weighted by Gasteiger charge is 2.21. The molecular weight excluding hydrogens is 200 g/mol. The fourth-order valence-electron chi connectivity index (χ4n) is 1.50. The molecule has 0 amide bonds. The van der Waals surface area contributed by atoms with Gasteiger partial charge in [0, 0.05) is 13.1 Å². The number of carbonyl (C=O) groups is 1. The van der Waals surface area contributed by atoms with E-state index in [4.69, 9.17) is 10.4 Å². The maximum absolute atomic E-state index is 10.8. The van der Waals surface area contributed by atoms with Crippen LogP contribution in [0.1, 0.15) is 12.8 Å². The summed E-state index contributed by atoms with van der Waals surface area (Å²) in [6, 6.07) is 1.75. The molecule has 0 radical (unpaired) electrons. The van der Waals surface area contributed by atoms with Gasteiger partial charge in [0.1, 0.15) is 6.07 Å². The van der Waals surface area contributed by atoms with Crippen LogP contribution in [-0.2, 0) is 4.79 Å². The number of nitriles is 1. The summed E-state index contributed by atoms with van der Waals surface area (Å²) in [5.74, 6) is -1.14. The summed E-state index contributed by atoms with van der Waals surface area (Å²) in [6.45, 7) is 1.71. The van der Waals surface area contributed by atoms with Gasteiger partial charge >= 0.3 is 5.97 Å². The Labute approximate surface area is 87.2 Å². The molecule has 1 aliphatic heterocycles. The molecule has 0 saturated carbocycles. The Hall–Kier alpha value is -1.15. The maximum Gasteiger partial charge on any atom is 0.349 e. The smallest absolute Gasteiger partial charge is 0.349 e. The highest BCUT2D eigenvalue weighted by atomic mass is 32.2. The van der Waals surface area contributed by atoms with Crippen LogP contribution in [0.15, 0.2) is 10.6 Å². The molecule has 1 N–H and O–H groups in total. The molecule has 0 spiro atoms. The van der Waals surface area contributed by atoms with Crippen molar-refractivity contribution in [2.75, 3.05) is 19.3 Å². The first-order valence-corrected chi connectivity index (χ1v) is 5.59. The summed E-state index contributed by atoms with van der Waals surface area (Å²) in [7, 11) is 0. The average Bonchev–Trinajstić information content (AvgIpc) is 2.65. The minimum atomic E-state index is -1.14. The lowest BCUT2D eigenvalue weighted by Crippen LogP contribution is -2.20. The van der Waals surface area contributed by atoms with E-state index in [0.717, 1.165) is 25.9 Å². The number of aliphatic carboxylic acids is 1. The van der Waals surface area contributed by atoms with Crippen molar-refractivity contribution in [3.63, 3.8) is 0 Å². The summed E-state index contributed by atoms with van der Waals surface area (Å²) in [6.07, 6.45) is 3.94. The molecule has 0 atom stereocenters. The van der Waals surface area contributed by atoms with Crippen LogP contribution in [0.4, 0.5) is 0 Å². The summed E-state index contributed by atoms with van der Waals surface area (Å²) in [5.41, 5.74) is -0.139. The van der Waals surface area contributed by atoms with E-state index >= 15 is 0 Å². The van der Waals surface area contributed by atoms with E-state index in [1.54, 1.807) is 12.3 Å². The Kier molecular flexibility index (Phi) is 3.84. The predicted molar refractivity (Wildman–Crippen MR) is 54.6 cm³/mol. The van der Waals surface area contributed by atoms with Crippen molar-refractivity contribution >= 4 is 17.7 Å². The standard InChI is InChI=1S/C9H12N2O2S/c1-14-8(7(6-10)9(12)13)11-4-2-3-5-11/h2-5H2,1H3,(H,12,13). The van der Waals surface area contributed by atoms with Crippen molar-refractivity contribution < 1.29 is 9.90 Å². The highest BCUT2D eigenvalue weighted by Crippen LogP contribution is 2.25. The molecule has 0 unspecified atom stereocenters. The van der Waals surface area contributed by atoms with Crippen LogP contribution in [0.3, 0.4) is 0 Å². The lowest BCUT2D eigenvalue weighted by molar-refractivity contribution is -0.132. The minimum absolute atomic E-state index is 0.139. The zero-order chi connectivity index (χ0) is 10.6. The molecule has 76 valence electrons. The van der Waals surface area contributed by atoms with E-state index in [1.807, 2.05) is 4.90 Å². The molecule has 1 saturated heterocycles. The van der Waals surface area contributed by atoms with Gasteiger partial charge in [0.25, 0.3) is 0 Å². The molecule has 1 fully saturated rings. The largest absolute Gasteiger partial charge is 0.477 e. The van der Waals surface area contributed by atoms with Crippen molar-refractivity contribution in [3.8, 4) is 6.07 Å². The summed E-state index contributed by atoms with van der Waals surface area (Å²) in [4.78, 5) is 12.7. The van der Waals surface area contributed by atoms with Crippen LogP contribution < -0.4 is 0 Å². The van der Waals surface area contributed by atoms with Gasteiger partial charge in [0.05, 0.1) is 5.03 Å². The van der Waals surface area contributed by atoms with Gasteiger partial charge in [-0.25, -0.2) is 4.79 Å². The monoisotopic (exact) mass is 212 g/mol. The Bertz CT molecular complexity index is 300. The van der Waals surface area contributed by atoms with Crippen LogP contribution in [0.5, 0.6) is 0 Å². The molecule has 1 rings (SSSR count). The van der Waals surface area contributed by atoms with Gasteiger partial charge in [-0.05, 0) is 19.1 Å². The molecule has 0 aromatic heterocycles. The van der Waals surface area contributed by atoms with Crippen molar-refractivity contribution in [1.29, 1.82) is 5.26 Å². The third kappa shape index (κ3) is 2.20. The molecule has 5 heteroatoms. The second-order valence-electron chi connectivity index (χ2n) is 3.00. The molecule has 14 heavy (non-hydrogen) atoms. The Morgan fingerprint density at radius 2 is 2.07 bits per heavy atom. The second kappa shape index (κ2) is 4.91. The Balaban J connectivity index is 2.97. The molecule has 0 aromatic rings. The number of rotatable bonds is 3. The van der Waals surface area contributed by atoms with Crippen molar-refractivity contribution in [3.05, 3.63) is 10.6 Å². The summed E-state index contributed by atoms with van der Waals surface area (Å²) >= 11 is 1.33. The Morgan fingerprint density at radius 3 is 2.43 bits per heavy atom. The third-order valence-corrected chi connectivity index (χ3v) is 2.98. The van der Waals surface area contributed by atoms with Gasteiger partial charge in [-0.2, -0.15) is 5.26 Å². The molecule has 0 aromatic carbocycles. The molecule has 0 bridgehead atoms. The predicted octanol–water partition coefficient (Wildman–Crippen LogP) is 1.26. The fourth-order valence-corrected chi connectivity index (χ4v) is 2.27. The van der Waals surface area contributed by atoms with E-state index in [2.05, 4.69) is 0 Å². The van der Waals surface area contributed by atoms with E-state index in [0.29, 0.717) is 5.03 Å². The Morgan fingerprint density at radius 1 is 1.50 bits per heavy atom. The zero-order valence-corrected chi connectivity index (χ0v) is 8.80. The lowest BCUT2D eigenvalue weighted by atomic mass is 10.3. The van der Waals surface area contributed by atoms with E-state index in [-0.39, 0.29) is 5.57 Å². The molecule has 1 heterocycles. The minimum Gasteiger partial charge on any atom is -0.477 e. The topological polar surface area (TPSA) is 64.3 Å². The SMILES string of the molecule is CSC(=C(C#N)C(=O)O)N1CCCC1. The number of likely N-dealkylation sites (tertiary alicyclic amines) is 1. The van der Waals surface area contributed by atoms with E-state index in [9.17, 15) is 4.79 Å². The first-order valence-electron chi connectivity index (χ1n) is 4.37. The van der Waals surface area contributed by atoms with Crippen LogP contribution in [0, 0.1) is 11.3 Å². The average molecular weight is 212 g/mol. The lowest BCUT2D eigenvalue weighted by Gasteiger charge is -2.19. The highest BCUT2D eigenvalue weighted by molar-refractivity contribution is 8.02. The molecule has 1 aliphatic rings. The van der Waals surface area contributed by atoms with Crippen molar-refractivity contribution in [2.24, 2.45) is 0 Å². The third-order valence-electron chi connectivity index (χ3n) is 2.13. The van der Waals surface area contributed by atoms with Crippen LogP contribution in [-0.4, -0.2) is 35.3 Å². The van der Waals surface area contributed by atoms with Gasteiger partial charge in [-0.1, -0.05) is 0 Å². The number of nitrogens with zero attached hydrogens (tertiary/aromatic N) is 2. The number of hydrogen-bond donors (Lipinski definition) is 1. The van der Waals surface area contributed by atoms with E-state index in [1.165, 1.54) is 11.8 Å². The fraction of sp³-hybridized carbons (Fsp3) is 0.556. The summed E-state index contributed by atoms with van der Waals surface area (Å²) < 4.78 is 0. The van der Waals surface area contributed by atoms with E-state index < -0.39 is 5.97 Å². The first-order chi connectivity index (χ1) is 6.70. The van der Waals surface area contributed by atoms with Crippen LogP contribution in [0.25, 0.3) is 0 Å². The quantitative estimate of drug-likeness (QED) is 0.563. The number of carboxylic acids is 1. The first kappa shape index (κ1) is 10.9. The van der Waals surface area contributed by atoms with Gasteiger partial charge in [-0.15, -0.1) is 11.8 Å². The van der Waals surface area contributed by atoms with Gasteiger partial charge < -0.3 is 10.0 Å². The summed E-state index contributed by atoms with van der Waals surface area (Å²) in [5, 5.41) is 18.1. The number of hydrogen-bond acceptors (Lipinski definition) is 4. The van der Waals surface area contributed by atoms with Crippen LogP contribution >= 0.6 is 11.8 Å². The maximum atomic E-state index is 10.8.